The van der Waals surface area contributed by atoms with Gasteiger partial charge in [0.25, 0.3) is 5.56 Å². The zero-order valence-electron chi connectivity index (χ0n) is 13.2. The summed E-state index contributed by atoms with van der Waals surface area (Å²) in [5, 5.41) is 0. The summed E-state index contributed by atoms with van der Waals surface area (Å²) in [5.74, 6) is -0.472. The molecule has 0 radical (unpaired) electrons. The van der Waals surface area contributed by atoms with Crippen molar-refractivity contribution in [3.8, 4) is 0 Å². The number of carbonyl (C=O) groups is 1. The molecule has 2 aromatic rings. The lowest BCUT2D eigenvalue weighted by Gasteiger charge is -2.01. The average molecular weight is 333 g/mol. The molecule has 0 amide bonds. The van der Waals surface area contributed by atoms with Gasteiger partial charge in [0, 0.05) is 6.54 Å². The largest absolute Gasteiger partial charge is 0.500 e. The molecule has 2 rings (SSSR count). The van der Waals surface area contributed by atoms with E-state index in [9.17, 15) is 9.59 Å². The Morgan fingerprint density at radius 2 is 2.00 bits per heavy atom. The number of aromatic nitrogens is 1. The fourth-order valence-corrected chi connectivity index (χ4v) is 2.97. The number of thiazole rings is 1. The molecule has 5 nitrogen and oxygen atoms in total. The number of hydrogen-bond donors (Lipinski definition) is 0. The number of carbonyl (C=O) groups excluding carboxylic acids is 1. The van der Waals surface area contributed by atoms with Crippen molar-refractivity contribution in [3.05, 3.63) is 55.4 Å². The van der Waals surface area contributed by atoms with Crippen molar-refractivity contribution in [2.75, 3.05) is 6.61 Å². The summed E-state index contributed by atoms with van der Waals surface area (Å²) < 4.78 is 12.9. The maximum absolute atomic E-state index is 12.2. The Labute approximate surface area is 138 Å². The van der Waals surface area contributed by atoms with Crippen LogP contribution in [0.4, 0.5) is 0 Å². The van der Waals surface area contributed by atoms with Crippen molar-refractivity contribution in [2.45, 2.75) is 27.0 Å². The number of nitrogens with zero attached hydrogens (tertiary/aromatic N) is 1. The van der Waals surface area contributed by atoms with Crippen molar-refractivity contribution in [3.63, 3.8) is 0 Å². The molecule has 1 aromatic carbocycles. The van der Waals surface area contributed by atoms with Gasteiger partial charge in [-0.15, -0.1) is 11.3 Å². The molecule has 0 N–H and O–H groups in total. The summed E-state index contributed by atoms with van der Waals surface area (Å²) >= 11 is 1.21. The predicted molar refractivity (Wildman–Crippen MR) is 90.3 cm³/mol. The third kappa shape index (κ3) is 4.56. The molecule has 0 atom stereocenters. The van der Waals surface area contributed by atoms with Crippen molar-refractivity contribution in [1.29, 1.82) is 0 Å². The third-order valence-electron chi connectivity index (χ3n) is 3.08. The van der Waals surface area contributed by atoms with E-state index in [4.69, 9.17) is 9.47 Å². The molecule has 0 saturated heterocycles. The molecule has 23 heavy (non-hydrogen) atoms. The lowest BCUT2D eigenvalue weighted by atomic mass is 10.2. The van der Waals surface area contributed by atoms with Crippen LogP contribution in [0.3, 0.4) is 0 Å². The molecule has 0 fully saturated rings. The van der Waals surface area contributed by atoms with Gasteiger partial charge in [-0.05, 0) is 19.4 Å². The Morgan fingerprint density at radius 3 is 2.65 bits per heavy atom. The zero-order chi connectivity index (χ0) is 16.7. The highest BCUT2D eigenvalue weighted by atomic mass is 32.1. The summed E-state index contributed by atoms with van der Waals surface area (Å²) in [6, 6.07) is 9.44. The molecule has 1 aromatic heterocycles. The number of benzene rings is 1. The zero-order valence-corrected chi connectivity index (χ0v) is 14.0. The van der Waals surface area contributed by atoms with Crippen molar-refractivity contribution in [2.24, 2.45) is 0 Å². The van der Waals surface area contributed by atoms with E-state index in [1.165, 1.54) is 28.2 Å². The summed E-state index contributed by atoms with van der Waals surface area (Å²) in [7, 11) is 0. The molecule has 122 valence electrons. The van der Waals surface area contributed by atoms with Crippen molar-refractivity contribution in [1.82, 2.24) is 4.57 Å². The van der Waals surface area contributed by atoms with Crippen LogP contribution < -0.4 is 14.8 Å². The molecule has 6 heteroatoms. The van der Waals surface area contributed by atoms with E-state index < -0.39 is 5.97 Å². The minimum absolute atomic E-state index is 0.159. The second-order valence-electron chi connectivity index (χ2n) is 4.66. The quantitative estimate of drug-likeness (QED) is 0.746. The lowest BCUT2D eigenvalue weighted by Crippen LogP contribution is -2.31. The van der Waals surface area contributed by atoms with E-state index in [1.807, 2.05) is 44.2 Å². The Bertz CT molecular complexity index is 821. The summed E-state index contributed by atoms with van der Waals surface area (Å²) in [5.41, 5.74) is 0.756. The number of ether oxygens (including phenoxy) is 2. The van der Waals surface area contributed by atoms with E-state index >= 15 is 0 Å². The Kier molecular flexibility index (Phi) is 6.17. The van der Waals surface area contributed by atoms with Crippen LogP contribution in [-0.2, 0) is 27.4 Å². The van der Waals surface area contributed by atoms with E-state index in [2.05, 4.69) is 0 Å². The van der Waals surface area contributed by atoms with Gasteiger partial charge in [0.1, 0.15) is 22.1 Å². The maximum Gasteiger partial charge on any atom is 0.334 e. The van der Waals surface area contributed by atoms with Crippen LogP contribution >= 0.6 is 11.3 Å². The molecular weight excluding hydrogens is 314 g/mol. The molecule has 0 saturated carbocycles. The molecule has 0 bridgehead atoms. The Balaban J connectivity index is 2.21. The average Bonchev–Trinajstić information content (AvgIpc) is 2.86. The SMILES string of the molecule is CCO/C=c1\s/c(=C\C(=O)OCc2ccccc2)n(CC)c1=O. The van der Waals surface area contributed by atoms with Crippen LogP contribution in [-0.4, -0.2) is 17.1 Å². The highest BCUT2D eigenvalue weighted by Crippen LogP contribution is 2.00. The van der Waals surface area contributed by atoms with Gasteiger partial charge < -0.3 is 9.47 Å². The van der Waals surface area contributed by atoms with E-state index in [0.29, 0.717) is 22.3 Å². The first-order chi connectivity index (χ1) is 11.2. The second-order valence-corrected chi connectivity index (χ2v) is 5.73. The summed E-state index contributed by atoms with van der Waals surface area (Å²) in [4.78, 5) is 24.1. The highest BCUT2D eigenvalue weighted by molar-refractivity contribution is 7.07. The van der Waals surface area contributed by atoms with Gasteiger partial charge in [-0.2, -0.15) is 0 Å². The van der Waals surface area contributed by atoms with Crippen molar-refractivity contribution < 1.29 is 14.3 Å². The van der Waals surface area contributed by atoms with E-state index in [-0.39, 0.29) is 12.2 Å². The van der Waals surface area contributed by atoms with Crippen LogP contribution in [0, 0.1) is 0 Å². The van der Waals surface area contributed by atoms with Crippen molar-refractivity contribution >= 4 is 29.6 Å². The van der Waals surface area contributed by atoms with Gasteiger partial charge in [-0.1, -0.05) is 30.3 Å². The smallest absolute Gasteiger partial charge is 0.334 e. The van der Waals surface area contributed by atoms with Gasteiger partial charge in [0.15, 0.2) is 0 Å². The fraction of sp³-hybridized carbons (Fsp3) is 0.294. The third-order valence-corrected chi connectivity index (χ3v) is 4.11. The van der Waals surface area contributed by atoms with E-state index in [0.717, 1.165) is 5.56 Å². The van der Waals surface area contributed by atoms with Crippen LogP contribution in [0.1, 0.15) is 19.4 Å². The topological polar surface area (TPSA) is 57.5 Å². The van der Waals surface area contributed by atoms with Gasteiger partial charge in [-0.3, -0.25) is 9.36 Å². The van der Waals surface area contributed by atoms with Crippen LogP contribution in [0.2, 0.25) is 0 Å². The normalized spacial score (nSPS) is 12.4. The minimum atomic E-state index is -0.472. The highest BCUT2D eigenvalue weighted by Gasteiger charge is 2.06. The fourth-order valence-electron chi connectivity index (χ4n) is 1.96. The standard InChI is InChI=1S/C17H19NO4S/c1-3-18-15(23-14(17(18)20)12-21-4-2)10-16(19)22-11-13-8-6-5-7-9-13/h5-10,12H,3-4,11H2,1-2H3/b14-12-,15-10-. The molecule has 0 aliphatic carbocycles. The first kappa shape index (κ1) is 17.0. The van der Waals surface area contributed by atoms with E-state index in [1.54, 1.807) is 0 Å². The Hall–Kier alpha value is -2.34. The molecule has 0 aliphatic heterocycles. The molecule has 0 unspecified atom stereocenters. The van der Waals surface area contributed by atoms with Gasteiger partial charge in [0.2, 0.25) is 0 Å². The number of esters is 1. The van der Waals surface area contributed by atoms with Gasteiger partial charge >= 0.3 is 5.97 Å². The molecule has 0 spiro atoms. The molecule has 0 aliphatic rings. The second kappa shape index (κ2) is 8.33. The monoisotopic (exact) mass is 333 g/mol. The first-order valence-corrected chi connectivity index (χ1v) is 8.21. The van der Waals surface area contributed by atoms with Crippen LogP contribution in [0.15, 0.2) is 35.1 Å². The lowest BCUT2D eigenvalue weighted by molar-refractivity contribution is -0.137. The maximum atomic E-state index is 12.2. The Morgan fingerprint density at radius 1 is 1.26 bits per heavy atom. The molecule has 1 heterocycles. The van der Waals surface area contributed by atoms with Gasteiger partial charge in [0.05, 0.1) is 12.7 Å². The number of hydrogen-bond acceptors (Lipinski definition) is 5. The number of rotatable bonds is 6. The van der Waals surface area contributed by atoms with Crippen LogP contribution in [0.25, 0.3) is 12.3 Å². The summed E-state index contributed by atoms with van der Waals surface area (Å²) in [6.07, 6.45) is 2.79. The molecular formula is C17H19NO4S. The van der Waals surface area contributed by atoms with Crippen LogP contribution in [0.5, 0.6) is 0 Å². The minimum Gasteiger partial charge on any atom is -0.500 e. The predicted octanol–water partition coefficient (Wildman–Crippen LogP) is 1.23. The van der Waals surface area contributed by atoms with Gasteiger partial charge in [-0.25, -0.2) is 4.79 Å². The summed E-state index contributed by atoms with van der Waals surface area (Å²) in [6.45, 7) is 4.87. The first-order valence-electron chi connectivity index (χ1n) is 7.39.